The van der Waals surface area contributed by atoms with Crippen LogP contribution in [0.15, 0.2) is 77.0 Å². The molecule has 1 aromatic carbocycles. The summed E-state index contributed by atoms with van der Waals surface area (Å²) in [4.78, 5) is 10.5. The highest BCUT2D eigenvalue weighted by atomic mass is 16.5. The second-order valence-electron chi connectivity index (χ2n) is 6.92. The van der Waals surface area contributed by atoms with Gasteiger partial charge in [-0.1, -0.05) is 43.0 Å². The Balaban J connectivity index is 1.95. The molecule has 1 aromatic heterocycles. The normalized spacial score (nSPS) is 12.0. The number of hydrogen-bond acceptors (Lipinski definition) is 5. The average molecular weight is 408 g/mol. The third-order valence-electron chi connectivity index (χ3n) is 4.42. The van der Waals surface area contributed by atoms with Crippen LogP contribution in [0.4, 0.5) is 0 Å². The molecule has 2 rings (SSSR count). The summed E-state index contributed by atoms with van der Waals surface area (Å²) in [5.74, 6) is -0.0291. The number of nitrogens with one attached hydrogen (secondary N) is 1. The number of carbonyl (C=O) groups is 1. The summed E-state index contributed by atoms with van der Waals surface area (Å²) in [6.07, 6.45) is 6.25. The van der Waals surface area contributed by atoms with Crippen molar-refractivity contribution in [1.82, 2.24) is 0 Å². The van der Waals surface area contributed by atoms with Crippen molar-refractivity contribution in [2.24, 2.45) is 5.73 Å². The minimum atomic E-state index is -0.816. The van der Waals surface area contributed by atoms with E-state index in [1.807, 2.05) is 36.4 Å². The van der Waals surface area contributed by atoms with E-state index in [1.54, 1.807) is 25.3 Å². The maximum Gasteiger partial charge on any atom is 0.303 e. The lowest BCUT2D eigenvalue weighted by molar-refractivity contribution is -0.136. The highest BCUT2D eigenvalue weighted by Crippen LogP contribution is 2.24. The zero-order chi connectivity index (χ0) is 21.9. The fraction of sp³-hybridized carbons (Fsp3) is 0.250. The molecule has 0 aliphatic rings. The summed E-state index contributed by atoms with van der Waals surface area (Å²) in [6.45, 7) is 6.46. The van der Waals surface area contributed by atoms with Crippen molar-refractivity contribution in [2.75, 3.05) is 13.2 Å². The first kappa shape index (κ1) is 22.9. The molecule has 0 aliphatic heterocycles. The van der Waals surface area contributed by atoms with Gasteiger partial charge in [0.1, 0.15) is 5.76 Å². The molecule has 0 aliphatic carbocycles. The van der Waals surface area contributed by atoms with Gasteiger partial charge in [-0.3, -0.25) is 4.79 Å². The molecule has 0 fully saturated rings. The first-order chi connectivity index (χ1) is 14.4. The van der Waals surface area contributed by atoms with Crippen LogP contribution in [0, 0.1) is 5.41 Å². The van der Waals surface area contributed by atoms with Crippen LogP contribution >= 0.6 is 0 Å². The van der Waals surface area contributed by atoms with Gasteiger partial charge in [-0.25, -0.2) is 0 Å². The van der Waals surface area contributed by atoms with E-state index in [0.29, 0.717) is 43.0 Å². The van der Waals surface area contributed by atoms with Crippen LogP contribution in [0.3, 0.4) is 0 Å². The Morgan fingerprint density at radius 1 is 1.27 bits per heavy atom. The third kappa shape index (κ3) is 7.22. The van der Waals surface area contributed by atoms with Gasteiger partial charge < -0.3 is 25.4 Å². The van der Waals surface area contributed by atoms with E-state index in [9.17, 15) is 4.79 Å². The van der Waals surface area contributed by atoms with E-state index in [4.69, 9.17) is 25.4 Å². The zero-order valence-corrected chi connectivity index (χ0v) is 17.2. The number of hydrogen-bond donors (Lipinski definition) is 3. The van der Waals surface area contributed by atoms with Crippen LogP contribution in [0.25, 0.3) is 17.0 Å². The van der Waals surface area contributed by atoms with Gasteiger partial charge in [0, 0.05) is 29.0 Å². The van der Waals surface area contributed by atoms with Crippen LogP contribution in [0.5, 0.6) is 0 Å². The molecule has 4 N–H and O–H groups in total. The minimum Gasteiger partial charge on any atom is -0.481 e. The van der Waals surface area contributed by atoms with Crippen molar-refractivity contribution >= 4 is 17.4 Å². The second-order valence-corrected chi connectivity index (χ2v) is 6.92. The monoisotopic (exact) mass is 408 g/mol. The highest BCUT2D eigenvalue weighted by Gasteiger charge is 2.11. The Hall–Kier alpha value is -3.38. The number of carboxylic acids is 1. The fourth-order valence-electron chi connectivity index (χ4n) is 2.83. The van der Waals surface area contributed by atoms with Crippen molar-refractivity contribution < 1.29 is 19.1 Å². The van der Waals surface area contributed by atoms with Crippen molar-refractivity contribution in [3.05, 3.63) is 78.1 Å². The van der Waals surface area contributed by atoms with Crippen LogP contribution in [0.1, 0.15) is 31.7 Å². The Kier molecular flexibility index (Phi) is 8.84. The van der Waals surface area contributed by atoms with E-state index < -0.39 is 5.97 Å². The van der Waals surface area contributed by atoms with Crippen molar-refractivity contribution in [1.29, 1.82) is 5.41 Å². The maximum absolute atomic E-state index is 10.5. The molecule has 30 heavy (non-hydrogen) atoms. The summed E-state index contributed by atoms with van der Waals surface area (Å²) >= 11 is 0. The summed E-state index contributed by atoms with van der Waals surface area (Å²) < 4.78 is 11.0. The number of allylic oxidation sites excluding steroid dienone is 2. The van der Waals surface area contributed by atoms with Gasteiger partial charge in [0.15, 0.2) is 0 Å². The molecule has 6 nitrogen and oxygen atoms in total. The Morgan fingerprint density at radius 3 is 2.60 bits per heavy atom. The van der Waals surface area contributed by atoms with Gasteiger partial charge in [0.25, 0.3) is 0 Å². The van der Waals surface area contributed by atoms with Crippen LogP contribution < -0.4 is 5.73 Å². The number of ether oxygens (including phenoxy) is 1. The highest BCUT2D eigenvalue weighted by molar-refractivity contribution is 6.02. The molecular weight excluding hydrogens is 380 g/mol. The molecule has 0 unspecified atom stereocenters. The van der Waals surface area contributed by atoms with E-state index in [1.165, 1.54) is 0 Å². The molecule has 0 saturated carbocycles. The summed E-state index contributed by atoms with van der Waals surface area (Å²) in [5.41, 5.74) is 10.6. The molecule has 158 valence electrons. The van der Waals surface area contributed by atoms with Crippen molar-refractivity contribution in [3.63, 3.8) is 0 Å². The molecule has 0 radical (unpaired) electrons. The Morgan fingerprint density at radius 2 is 2.00 bits per heavy atom. The number of carboxylic acid groups (broad SMARTS) is 1. The first-order valence-corrected chi connectivity index (χ1v) is 9.68. The number of aliphatic carboxylic acids is 1. The molecule has 2 aromatic rings. The molecule has 0 bridgehead atoms. The molecule has 0 spiro atoms. The third-order valence-corrected chi connectivity index (χ3v) is 4.42. The SMILES string of the molecule is C=C(COC/C=C/CCC(=O)O)C/C(C(C)=N)=C(/N)c1ccc(-c2ccco2)cc1. The van der Waals surface area contributed by atoms with Gasteiger partial charge in [-0.05, 0) is 43.0 Å². The van der Waals surface area contributed by atoms with E-state index >= 15 is 0 Å². The molecule has 0 saturated heterocycles. The van der Waals surface area contributed by atoms with Gasteiger partial charge in [0.05, 0.1) is 19.5 Å². The lowest BCUT2D eigenvalue weighted by Crippen LogP contribution is -2.10. The lowest BCUT2D eigenvalue weighted by atomic mass is 9.97. The number of benzene rings is 1. The largest absolute Gasteiger partial charge is 0.481 e. The molecule has 0 amide bonds. The number of nitrogens with two attached hydrogens (primary N) is 1. The molecule has 6 heteroatoms. The molecule has 1 heterocycles. The second kappa shape index (κ2) is 11.6. The maximum atomic E-state index is 10.5. The summed E-state index contributed by atoms with van der Waals surface area (Å²) in [7, 11) is 0. The number of rotatable bonds is 12. The van der Waals surface area contributed by atoms with Crippen LogP contribution in [-0.2, 0) is 9.53 Å². The molecular formula is C24H28N2O4. The van der Waals surface area contributed by atoms with Gasteiger partial charge in [-0.2, -0.15) is 0 Å². The minimum absolute atomic E-state index is 0.109. The van der Waals surface area contributed by atoms with Crippen molar-refractivity contribution in [3.8, 4) is 11.3 Å². The lowest BCUT2D eigenvalue weighted by Gasteiger charge is -2.14. The predicted molar refractivity (Wildman–Crippen MR) is 119 cm³/mol. The summed E-state index contributed by atoms with van der Waals surface area (Å²) in [5, 5.41) is 16.7. The van der Waals surface area contributed by atoms with Crippen LogP contribution in [0.2, 0.25) is 0 Å². The fourth-order valence-corrected chi connectivity index (χ4v) is 2.83. The first-order valence-electron chi connectivity index (χ1n) is 9.68. The predicted octanol–water partition coefficient (Wildman–Crippen LogP) is 5.04. The van der Waals surface area contributed by atoms with E-state index in [2.05, 4.69) is 6.58 Å². The zero-order valence-electron chi connectivity index (χ0n) is 17.2. The standard InChI is InChI=1S/C24H28N2O4/c1-17(16-29-13-5-3-4-8-23(27)28)15-21(18(2)25)24(26)20-11-9-19(10-12-20)22-7-6-14-30-22/h3,5-7,9-12,14,25H,1,4,8,13,15-16,26H2,2H3,(H,27,28)/b5-3+,24-21-,25-18?. The summed E-state index contributed by atoms with van der Waals surface area (Å²) in [6, 6.07) is 11.4. The van der Waals surface area contributed by atoms with Crippen molar-refractivity contribution in [2.45, 2.75) is 26.2 Å². The number of furan rings is 1. The van der Waals surface area contributed by atoms with Crippen LogP contribution in [-0.4, -0.2) is 30.0 Å². The Bertz CT molecular complexity index is 923. The van der Waals surface area contributed by atoms with E-state index in [-0.39, 0.29) is 6.42 Å². The molecule has 0 atom stereocenters. The average Bonchev–Trinajstić information content (AvgIpc) is 3.25. The van der Waals surface area contributed by atoms with E-state index in [0.717, 1.165) is 22.5 Å². The smallest absolute Gasteiger partial charge is 0.303 e. The Labute approximate surface area is 176 Å². The topological polar surface area (TPSA) is 110 Å². The van der Waals surface area contributed by atoms with Gasteiger partial charge in [-0.15, -0.1) is 0 Å². The van der Waals surface area contributed by atoms with Gasteiger partial charge >= 0.3 is 5.97 Å². The van der Waals surface area contributed by atoms with Gasteiger partial charge in [0.2, 0.25) is 0 Å². The quantitative estimate of drug-likeness (QED) is 0.259.